The van der Waals surface area contributed by atoms with Crippen molar-refractivity contribution >= 4 is 29.1 Å². The molecule has 0 spiro atoms. The Labute approximate surface area is 187 Å². The second-order valence-electron chi connectivity index (χ2n) is 8.29. The first-order valence-electron chi connectivity index (χ1n) is 10.6. The molecule has 1 aromatic carbocycles. The largest absolute Gasteiger partial charge is 0.350 e. The van der Waals surface area contributed by atoms with Gasteiger partial charge < -0.3 is 15.5 Å². The average molecular weight is 443 g/mol. The van der Waals surface area contributed by atoms with Crippen molar-refractivity contribution in [3.8, 4) is 10.4 Å². The molecule has 3 rings (SSSR count). The van der Waals surface area contributed by atoms with Crippen molar-refractivity contribution in [3.63, 3.8) is 0 Å². The van der Waals surface area contributed by atoms with Crippen LogP contribution < -0.4 is 10.6 Å². The summed E-state index contributed by atoms with van der Waals surface area (Å²) >= 11 is 1.61. The van der Waals surface area contributed by atoms with Crippen molar-refractivity contribution in [1.82, 2.24) is 20.5 Å². The van der Waals surface area contributed by atoms with Crippen LogP contribution in [0.3, 0.4) is 0 Å². The van der Waals surface area contributed by atoms with Gasteiger partial charge in [-0.25, -0.2) is 4.98 Å². The van der Waals surface area contributed by atoms with Gasteiger partial charge in [-0.1, -0.05) is 38.1 Å². The summed E-state index contributed by atoms with van der Waals surface area (Å²) in [6.45, 7) is 8.10. The Morgan fingerprint density at radius 2 is 1.94 bits per heavy atom. The summed E-state index contributed by atoms with van der Waals surface area (Å²) in [7, 11) is 0. The molecule has 1 aliphatic heterocycles. The van der Waals surface area contributed by atoms with Crippen molar-refractivity contribution in [3.05, 3.63) is 41.0 Å². The molecule has 1 aliphatic rings. The molecule has 7 nitrogen and oxygen atoms in total. The number of benzene rings is 1. The van der Waals surface area contributed by atoms with E-state index >= 15 is 0 Å². The first-order valence-corrected chi connectivity index (χ1v) is 11.5. The molecule has 3 amide bonds. The first-order chi connectivity index (χ1) is 14.8. The fourth-order valence-electron chi connectivity index (χ4n) is 3.87. The molecular formula is C23H30N4O3S. The number of thiazole rings is 1. The molecule has 0 saturated carbocycles. The second-order valence-corrected chi connectivity index (χ2v) is 9.15. The molecule has 2 unspecified atom stereocenters. The molecular weight excluding hydrogens is 412 g/mol. The molecule has 166 valence electrons. The van der Waals surface area contributed by atoms with Crippen LogP contribution in [-0.2, 0) is 20.9 Å². The van der Waals surface area contributed by atoms with E-state index in [1.807, 2.05) is 50.5 Å². The lowest BCUT2D eigenvalue weighted by atomic mass is 10.0. The highest BCUT2D eigenvalue weighted by molar-refractivity contribution is 7.13. The highest BCUT2D eigenvalue weighted by Gasteiger charge is 2.38. The molecule has 2 N–H and O–H groups in total. The number of nitrogens with one attached hydrogen (secondary N) is 2. The van der Waals surface area contributed by atoms with Gasteiger partial charge in [-0.2, -0.15) is 0 Å². The summed E-state index contributed by atoms with van der Waals surface area (Å²) in [6, 6.07) is 6.95. The van der Waals surface area contributed by atoms with E-state index < -0.39 is 12.1 Å². The van der Waals surface area contributed by atoms with Gasteiger partial charge in [0.25, 0.3) is 0 Å². The number of carbonyl (C=O) groups excluding carboxylic acids is 3. The molecule has 8 heteroatoms. The van der Waals surface area contributed by atoms with Crippen molar-refractivity contribution in [2.24, 2.45) is 5.92 Å². The monoisotopic (exact) mass is 442 g/mol. The van der Waals surface area contributed by atoms with Gasteiger partial charge in [-0.3, -0.25) is 14.4 Å². The molecule has 2 aromatic rings. The number of nitrogens with zero attached hydrogens (tertiary/aromatic N) is 2. The van der Waals surface area contributed by atoms with Crippen LogP contribution in [0.25, 0.3) is 10.4 Å². The molecule has 31 heavy (non-hydrogen) atoms. The Bertz CT molecular complexity index is 939. The standard InChI is InChI=1S/C23H30N4O3S/c1-14(2)20(26-16(4)28)23(30)27-11-5-6-19(27)22(29)24-12-17-7-9-18(10-8-17)21-15(3)25-13-31-21/h7-10,13-14,19-20H,5-6,11-12H2,1-4H3,(H,24,29)(H,26,28). The van der Waals surface area contributed by atoms with Gasteiger partial charge in [-0.05, 0) is 36.8 Å². The smallest absolute Gasteiger partial charge is 0.246 e. The SMILES string of the molecule is CC(=O)NC(C(=O)N1CCCC1C(=O)NCc1ccc(-c2scnc2C)cc1)C(C)C. The maximum Gasteiger partial charge on any atom is 0.246 e. The van der Waals surface area contributed by atoms with Crippen LogP contribution >= 0.6 is 11.3 Å². The number of hydrogen-bond donors (Lipinski definition) is 2. The number of carbonyl (C=O) groups is 3. The molecule has 0 aliphatic carbocycles. The zero-order valence-electron chi connectivity index (χ0n) is 18.5. The van der Waals surface area contributed by atoms with Crippen LogP contribution in [0.15, 0.2) is 29.8 Å². The first kappa shape index (κ1) is 22.9. The predicted octanol–water partition coefficient (Wildman–Crippen LogP) is 2.89. The van der Waals surface area contributed by atoms with E-state index in [-0.39, 0.29) is 23.6 Å². The molecule has 1 fully saturated rings. The lowest BCUT2D eigenvalue weighted by Crippen LogP contribution is -2.54. The minimum Gasteiger partial charge on any atom is -0.350 e. The summed E-state index contributed by atoms with van der Waals surface area (Å²) in [5.74, 6) is -0.642. The minimum absolute atomic E-state index is 0.0543. The third kappa shape index (κ3) is 5.50. The van der Waals surface area contributed by atoms with Crippen LogP contribution in [0.2, 0.25) is 0 Å². The Morgan fingerprint density at radius 1 is 1.23 bits per heavy atom. The van der Waals surface area contributed by atoms with Crippen LogP contribution in [-0.4, -0.2) is 46.2 Å². The summed E-state index contributed by atoms with van der Waals surface area (Å²) in [5.41, 5.74) is 4.95. The minimum atomic E-state index is -0.617. The zero-order chi connectivity index (χ0) is 22.5. The number of rotatable bonds is 7. The number of hydrogen-bond acceptors (Lipinski definition) is 5. The maximum atomic E-state index is 13.0. The van der Waals surface area contributed by atoms with E-state index in [2.05, 4.69) is 15.6 Å². The van der Waals surface area contributed by atoms with E-state index in [1.165, 1.54) is 6.92 Å². The highest BCUT2D eigenvalue weighted by Crippen LogP contribution is 2.27. The third-order valence-corrected chi connectivity index (χ3v) is 6.54. The molecule has 1 aromatic heterocycles. The average Bonchev–Trinajstić information content (AvgIpc) is 3.39. The Morgan fingerprint density at radius 3 is 2.52 bits per heavy atom. The number of likely N-dealkylation sites (tertiary alicyclic amines) is 1. The summed E-state index contributed by atoms with van der Waals surface area (Å²) in [4.78, 5) is 44.4. The van der Waals surface area contributed by atoms with Gasteiger partial charge >= 0.3 is 0 Å². The fraction of sp³-hybridized carbons (Fsp3) is 0.478. The Balaban J connectivity index is 1.61. The molecule has 2 atom stereocenters. The predicted molar refractivity (Wildman–Crippen MR) is 121 cm³/mol. The molecule has 0 radical (unpaired) electrons. The number of amides is 3. The lowest BCUT2D eigenvalue weighted by molar-refractivity contribution is -0.142. The van der Waals surface area contributed by atoms with Gasteiger partial charge in [-0.15, -0.1) is 11.3 Å². The summed E-state index contributed by atoms with van der Waals surface area (Å²) in [6.07, 6.45) is 1.41. The molecule has 1 saturated heterocycles. The molecule has 2 heterocycles. The van der Waals surface area contributed by atoms with Crippen molar-refractivity contribution in [2.75, 3.05) is 6.54 Å². The summed E-state index contributed by atoms with van der Waals surface area (Å²) in [5, 5.41) is 5.70. The van der Waals surface area contributed by atoms with Gasteiger partial charge in [0.15, 0.2) is 0 Å². The van der Waals surface area contributed by atoms with Crippen LogP contribution in [0.4, 0.5) is 0 Å². The Hall–Kier alpha value is -2.74. The van der Waals surface area contributed by atoms with Gasteiger partial charge in [0.1, 0.15) is 12.1 Å². The van der Waals surface area contributed by atoms with E-state index in [0.717, 1.165) is 28.1 Å². The molecule has 0 bridgehead atoms. The lowest BCUT2D eigenvalue weighted by Gasteiger charge is -2.30. The second kappa shape index (κ2) is 10.0. The number of aryl methyl sites for hydroxylation is 1. The van der Waals surface area contributed by atoms with Crippen LogP contribution in [0.5, 0.6) is 0 Å². The van der Waals surface area contributed by atoms with Gasteiger partial charge in [0.05, 0.1) is 16.1 Å². The van der Waals surface area contributed by atoms with E-state index in [9.17, 15) is 14.4 Å². The number of aromatic nitrogens is 1. The van der Waals surface area contributed by atoms with E-state index in [4.69, 9.17) is 0 Å². The zero-order valence-corrected chi connectivity index (χ0v) is 19.3. The Kier molecular flexibility index (Phi) is 7.43. The highest BCUT2D eigenvalue weighted by atomic mass is 32.1. The van der Waals surface area contributed by atoms with Gasteiger partial charge in [0.2, 0.25) is 17.7 Å². The van der Waals surface area contributed by atoms with Crippen LogP contribution in [0.1, 0.15) is 44.9 Å². The quantitative estimate of drug-likeness (QED) is 0.690. The van der Waals surface area contributed by atoms with Crippen LogP contribution in [0, 0.1) is 12.8 Å². The topological polar surface area (TPSA) is 91.4 Å². The summed E-state index contributed by atoms with van der Waals surface area (Å²) < 4.78 is 0. The van der Waals surface area contributed by atoms with Crippen molar-refractivity contribution in [1.29, 1.82) is 0 Å². The third-order valence-electron chi connectivity index (χ3n) is 5.56. The maximum absolute atomic E-state index is 13.0. The normalized spacial score (nSPS) is 16.9. The van der Waals surface area contributed by atoms with Crippen molar-refractivity contribution in [2.45, 2.75) is 59.2 Å². The van der Waals surface area contributed by atoms with E-state index in [0.29, 0.717) is 19.5 Å². The fourth-order valence-corrected chi connectivity index (χ4v) is 4.69. The van der Waals surface area contributed by atoms with Gasteiger partial charge in [0, 0.05) is 20.0 Å². The van der Waals surface area contributed by atoms with E-state index in [1.54, 1.807) is 16.2 Å². The van der Waals surface area contributed by atoms with Crippen molar-refractivity contribution < 1.29 is 14.4 Å².